The molecule has 1 aliphatic carbocycles. The average Bonchev–Trinajstić information content (AvgIpc) is 2.90. The fourth-order valence-electron chi connectivity index (χ4n) is 3.78. The summed E-state index contributed by atoms with van der Waals surface area (Å²) in [5, 5.41) is 3.19. The Balaban J connectivity index is 1.84. The molecule has 0 radical (unpaired) electrons. The van der Waals surface area contributed by atoms with E-state index in [2.05, 4.69) is 21.3 Å². The summed E-state index contributed by atoms with van der Waals surface area (Å²) in [5.41, 5.74) is 1.13. The van der Waals surface area contributed by atoms with Crippen molar-refractivity contribution in [1.29, 1.82) is 0 Å². The van der Waals surface area contributed by atoms with Crippen LogP contribution in [0.2, 0.25) is 0 Å². The predicted molar refractivity (Wildman–Crippen MR) is 78.0 cm³/mol. The lowest BCUT2D eigenvalue weighted by Gasteiger charge is -2.32. The zero-order valence-corrected chi connectivity index (χ0v) is 12.1. The molecule has 2 aliphatic rings. The van der Waals surface area contributed by atoms with E-state index in [0.717, 1.165) is 18.4 Å². The Kier molecular flexibility index (Phi) is 4.01. The molecule has 108 valence electrons. The molecular weight excluding hydrogens is 250 g/mol. The number of rotatable bonds is 3. The average molecular weight is 273 g/mol. The summed E-state index contributed by atoms with van der Waals surface area (Å²) in [6, 6.07) is 4.42. The number of amides is 1. The van der Waals surface area contributed by atoms with E-state index in [-0.39, 0.29) is 11.9 Å². The van der Waals surface area contributed by atoms with Crippen LogP contribution in [0.4, 0.5) is 0 Å². The Morgan fingerprint density at radius 2 is 2.25 bits per heavy atom. The first-order valence-electron chi connectivity index (χ1n) is 7.66. The van der Waals surface area contributed by atoms with Gasteiger partial charge in [-0.05, 0) is 50.3 Å². The number of likely N-dealkylation sites (tertiary alicyclic amines) is 1. The first-order valence-corrected chi connectivity index (χ1v) is 7.66. The van der Waals surface area contributed by atoms with E-state index in [4.69, 9.17) is 0 Å². The number of fused-ring (bicyclic) bond motifs is 1. The van der Waals surface area contributed by atoms with E-state index >= 15 is 0 Å². The maximum atomic E-state index is 12.8. The van der Waals surface area contributed by atoms with Crippen LogP contribution in [-0.2, 0) is 11.3 Å². The number of nitrogens with one attached hydrogen (secondary N) is 1. The van der Waals surface area contributed by atoms with Gasteiger partial charge in [-0.25, -0.2) is 0 Å². The zero-order chi connectivity index (χ0) is 13.9. The van der Waals surface area contributed by atoms with E-state index in [9.17, 15) is 4.79 Å². The highest BCUT2D eigenvalue weighted by molar-refractivity contribution is 5.82. The second kappa shape index (κ2) is 5.92. The fraction of sp³-hybridized carbons (Fsp3) is 0.625. The van der Waals surface area contributed by atoms with Gasteiger partial charge in [-0.2, -0.15) is 0 Å². The van der Waals surface area contributed by atoms with Crippen molar-refractivity contribution in [1.82, 2.24) is 15.2 Å². The van der Waals surface area contributed by atoms with E-state index in [1.54, 1.807) is 6.20 Å². The normalized spacial score (nSPS) is 30.1. The third kappa shape index (κ3) is 2.57. The minimum Gasteiger partial charge on any atom is -0.334 e. The monoisotopic (exact) mass is 273 g/mol. The van der Waals surface area contributed by atoms with E-state index in [1.807, 2.05) is 19.3 Å². The summed E-state index contributed by atoms with van der Waals surface area (Å²) in [6.45, 7) is 0.700. The van der Waals surface area contributed by atoms with Crippen molar-refractivity contribution >= 4 is 5.91 Å². The van der Waals surface area contributed by atoms with Gasteiger partial charge in [-0.3, -0.25) is 9.78 Å². The molecule has 1 aliphatic heterocycles. The Morgan fingerprint density at radius 1 is 1.35 bits per heavy atom. The third-order valence-corrected chi connectivity index (χ3v) is 4.85. The zero-order valence-electron chi connectivity index (χ0n) is 12.1. The Morgan fingerprint density at radius 3 is 3.00 bits per heavy atom. The van der Waals surface area contributed by atoms with Gasteiger partial charge in [0.05, 0.1) is 6.04 Å². The van der Waals surface area contributed by atoms with Gasteiger partial charge in [-0.15, -0.1) is 0 Å². The molecule has 4 heteroatoms. The summed E-state index contributed by atoms with van der Waals surface area (Å²) in [4.78, 5) is 19.1. The quantitative estimate of drug-likeness (QED) is 0.915. The lowest BCUT2D eigenvalue weighted by Crippen LogP contribution is -2.47. The van der Waals surface area contributed by atoms with Crippen molar-refractivity contribution in [3.05, 3.63) is 30.1 Å². The summed E-state index contributed by atoms with van der Waals surface area (Å²) >= 11 is 0. The van der Waals surface area contributed by atoms with E-state index in [1.165, 1.54) is 19.3 Å². The van der Waals surface area contributed by atoms with Crippen molar-refractivity contribution in [3.8, 4) is 0 Å². The van der Waals surface area contributed by atoms with Crippen LogP contribution >= 0.6 is 0 Å². The largest absolute Gasteiger partial charge is 0.334 e. The molecule has 20 heavy (non-hydrogen) atoms. The van der Waals surface area contributed by atoms with Crippen molar-refractivity contribution < 1.29 is 4.79 Å². The molecule has 1 aromatic rings. The molecule has 1 saturated carbocycles. The van der Waals surface area contributed by atoms with Crippen LogP contribution in [0, 0.1) is 5.92 Å². The highest BCUT2D eigenvalue weighted by atomic mass is 16.2. The topological polar surface area (TPSA) is 45.2 Å². The summed E-state index contributed by atoms with van der Waals surface area (Å²) in [7, 11) is 1.89. The Hall–Kier alpha value is -1.42. The number of hydrogen-bond donors (Lipinski definition) is 1. The lowest BCUT2D eigenvalue weighted by atomic mass is 9.97. The van der Waals surface area contributed by atoms with Gasteiger partial charge in [0, 0.05) is 25.0 Å². The molecular formula is C16H23N3O. The van der Waals surface area contributed by atoms with Gasteiger partial charge in [0.2, 0.25) is 5.91 Å². The van der Waals surface area contributed by atoms with Crippen LogP contribution in [0.3, 0.4) is 0 Å². The van der Waals surface area contributed by atoms with Gasteiger partial charge in [0.25, 0.3) is 0 Å². The van der Waals surface area contributed by atoms with Gasteiger partial charge in [0.15, 0.2) is 0 Å². The molecule has 2 fully saturated rings. The maximum absolute atomic E-state index is 12.8. The first kappa shape index (κ1) is 13.6. The Bertz CT molecular complexity index is 462. The highest BCUT2D eigenvalue weighted by Crippen LogP contribution is 2.37. The second-order valence-electron chi connectivity index (χ2n) is 6.00. The van der Waals surface area contributed by atoms with E-state index in [0.29, 0.717) is 18.5 Å². The van der Waals surface area contributed by atoms with Crippen LogP contribution in [-0.4, -0.2) is 34.9 Å². The highest BCUT2D eigenvalue weighted by Gasteiger charge is 2.39. The number of carbonyl (C=O) groups is 1. The SMILES string of the molecule is CNC1CCC2CCCC2N(Cc2cccnc2)C1=O. The van der Waals surface area contributed by atoms with Crippen molar-refractivity contribution in [2.75, 3.05) is 7.05 Å². The van der Waals surface area contributed by atoms with E-state index < -0.39 is 0 Å². The standard InChI is InChI=1S/C16H23N3O/c1-17-14-8-7-13-5-2-6-15(13)19(16(14)20)11-12-4-3-9-18-10-12/h3-4,9-10,13-15,17H,2,5-8,11H2,1H3. The van der Waals surface area contributed by atoms with Gasteiger partial charge in [-0.1, -0.05) is 12.5 Å². The van der Waals surface area contributed by atoms with Crippen LogP contribution in [0.25, 0.3) is 0 Å². The molecule has 1 aromatic heterocycles. The summed E-state index contributed by atoms with van der Waals surface area (Å²) in [6.07, 6.45) is 9.49. The van der Waals surface area contributed by atoms with Crippen LogP contribution in [0.15, 0.2) is 24.5 Å². The Labute approximate surface area is 120 Å². The van der Waals surface area contributed by atoms with Crippen LogP contribution in [0.5, 0.6) is 0 Å². The number of aromatic nitrogens is 1. The summed E-state index contributed by atoms with van der Waals surface area (Å²) in [5.74, 6) is 0.958. The first-order chi connectivity index (χ1) is 9.79. The molecule has 1 amide bonds. The number of nitrogens with zero attached hydrogens (tertiary/aromatic N) is 2. The van der Waals surface area contributed by atoms with Gasteiger partial charge < -0.3 is 10.2 Å². The number of hydrogen-bond acceptors (Lipinski definition) is 3. The molecule has 1 saturated heterocycles. The van der Waals surface area contributed by atoms with Crippen molar-refractivity contribution in [2.45, 2.75) is 50.7 Å². The predicted octanol–water partition coefficient (Wildman–Crippen LogP) is 1.96. The number of carbonyl (C=O) groups excluding carboxylic acids is 1. The lowest BCUT2D eigenvalue weighted by molar-refractivity contribution is -0.136. The second-order valence-corrected chi connectivity index (χ2v) is 6.00. The minimum absolute atomic E-state index is 0.0164. The molecule has 2 heterocycles. The smallest absolute Gasteiger partial charge is 0.240 e. The maximum Gasteiger partial charge on any atom is 0.240 e. The van der Waals surface area contributed by atoms with Crippen molar-refractivity contribution in [2.24, 2.45) is 5.92 Å². The van der Waals surface area contributed by atoms with Gasteiger partial charge in [0.1, 0.15) is 0 Å². The summed E-state index contributed by atoms with van der Waals surface area (Å²) < 4.78 is 0. The van der Waals surface area contributed by atoms with Crippen LogP contribution < -0.4 is 5.32 Å². The number of likely N-dealkylation sites (N-methyl/N-ethyl adjacent to an activating group) is 1. The van der Waals surface area contributed by atoms with Crippen LogP contribution in [0.1, 0.15) is 37.7 Å². The molecule has 3 atom stereocenters. The van der Waals surface area contributed by atoms with Crippen molar-refractivity contribution in [3.63, 3.8) is 0 Å². The fourth-order valence-corrected chi connectivity index (χ4v) is 3.78. The third-order valence-electron chi connectivity index (χ3n) is 4.85. The number of pyridine rings is 1. The molecule has 1 N–H and O–H groups in total. The minimum atomic E-state index is -0.0164. The molecule has 4 nitrogen and oxygen atoms in total. The molecule has 3 unspecified atom stereocenters. The molecule has 0 bridgehead atoms. The molecule has 3 rings (SSSR count). The molecule has 0 aromatic carbocycles. The molecule has 0 spiro atoms. The van der Waals surface area contributed by atoms with Gasteiger partial charge >= 0.3 is 0 Å².